The van der Waals surface area contributed by atoms with Gasteiger partial charge in [-0.3, -0.25) is 4.57 Å². The summed E-state index contributed by atoms with van der Waals surface area (Å²) in [6.45, 7) is 4.20. The van der Waals surface area contributed by atoms with E-state index in [-0.39, 0.29) is 0 Å². The van der Waals surface area contributed by atoms with Crippen molar-refractivity contribution in [1.29, 1.82) is 0 Å². The normalized spacial score (nSPS) is 11.1. The second kappa shape index (κ2) is 14.0. The fraction of sp³-hybridized carbons (Fsp3) is 0.0952. The Balaban J connectivity index is 1.10. The molecule has 8 aromatic rings. The lowest BCUT2D eigenvalue weighted by molar-refractivity contribution is 0.448. The molecule has 0 bridgehead atoms. The van der Waals surface area contributed by atoms with Crippen LogP contribution in [0, 0.1) is 0 Å². The van der Waals surface area contributed by atoms with Crippen LogP contribution in [0.2, 0.25) is 0 Å². The molecule has 8 rings (SSSR count). The van der Waals surface area contributed by atoms with E-state index in [1.54, 1.807) is 30.9 Å². The van der Waals surface area contributed by atoms with E-state index in [4.69, 9.17) is 18.9 Å². The maximum Gasteiger partial charge on any atom is 0.234 e. The summed E-state index contributed by atoms with van der Waals surface area (Å²) in [5.41, 5.74) is 4.08. The Kier molecular flexibility index (Phi) is 8.66. The van der Waals surface area contributed by atoms with Crippen molar-refractivity contribution in [3.63, 3.8) is 0 Å². The quantitative estimate of drug-likeness (QED) is 0.134. The Morgan fingerprint density at radius 3 is 1.35 bits per heavy atom. The molecule has 0 amide bonds. The summed E-state index contributed by atoms with van der Waals surface area (Å²) in [5, 5.41) is 2.04. The molecular formula is C42H33N5O4. The maximum atomic E-state index is 6.37. The highest BCUT2D eigenvalue weighted by atomic mass is 16.5. The Morgan fingerprint density at radius 2 is 0.882 bits per heavy atom. The number of hydrogen-bond donors (Lipinski definition) is 0. The summed E-state index contributed by atoms with van der Waals surface area (Å²) in [5.74, 6) is 5.44. The summed E-state index contributed by atoms with van der Waals surface area (Å²) in [6, 6.07) is 36.7. The smallest absolute Gasteiger partial charge is 0.234 e. The number of aromatic nitrogens is 5. The summed E-state index contributed by atoms with van der Waals surface area (Å²) < 4.78 is 26.9. The summed E-state index contributed by atoms with van der Waals surface area (Å²) in [7, 11) is 0. The molecule has 250 valence electrons. The number of fused-ring (bicyclic) bond motifs is 3. The molecule has 4 aromatic carbocycles. The van der Waals surface area contributed by atoms with Crippen molar-refractivity contribution in [1.82, 2.24) is 24.5 Å². The fourth-order valence-corrected chi connectivity index (χ4v) is 5.90. The number of nitrogens with zero attached hydrogens (tertiary/aromatic N) is 5. The lowest BCUT2D eigenvalue weighted by Gasteiger charge is -2.11. The average Bonchev–Trinajstić information content (AvgIpc) is 3.48. The molecule has 4 aromatic heterocycles. The zero-order valence-corrected chi connectivity index (χ0v) is 28.1. The molecule has 9 heteroatoms. The molecule has 0 saturated carbocycles. The zero-order chi connectivity index (χ0) is 34.6. The minimum atomic E-state index is 0.529. The van der Waals surface area contributed by atoms with Gasteiger partial charge in [-0.25, -0.2) is 19.9 Å². The maximum absolute atomic E-state index is 6.37. The van der Waals surface area contributed by atoms with Crippen LogP contribution in [0.1, 0.15) is 25.0 Å². The molecule has 0 N–H and O–H groups in total. The first-order chi connectivity index (χ1) is 25.1. The van der Waals surface area contributed by atoms with Gasteiger partial charge in [0, 0.05) is 72.0 Å². The van der Waals surface area contributed by atoms with E-state index in [1.807, 2.05) is 102 Å². The van der Waals surface area contributed by atoms with Crippen molar-refractivity contribution in [3.8, 4) is 52.2 Å². The minimum absolute atomic E-state index is 0.529. The van der Waals surface area contributed by atoms with E-state index in [0.717, 1.165) is 45.8 Å². The summed E-state index contributed by atoms with van der Waals surface area (Å²) in [6.07, 6.45) is 8.78. The molecule has 0 fully saturated rings. The van der Waals surface area contributed by atoms with Gasteiger partial charge in [0.15, 0.2) is 0 Å². The first-order valence-electron chi connectivity index (χ1n) is 16.8. The molecular weight excluding hydrogens is 638 g/mol. The lowest BCUT2D eigenvalue weighted by atomic mass is 10.1. The van der Waals surface area contributed by atoms with Crippen molar-refractivity contribution in [2.24, 2.45) is 0 Å². The van der Waals surface area contributed by atoms with Crippen LogP contribution in [-0.4, -0.2) is 24.5 Å². The highest BCUT2D eigenvalue weighted by molar-refractivity contribution is 6.09. The van der Waals surface area contributed by atoms with Crippen LogP contribution in [0.15, 0.2) is 140 Å². The van der Waals surface area contributed by atoms with Gasteiger partial charge in [0.05, 0.1) is 11.0 Å². The fourth-order valence-electron chi connectivity index (χ4n) is 5.90. The first-order valence-corrected chi connectivity index (χ1v) is 16.8. The second-order valence-corrected chi connectivity index (χ2v) is 11.8. The van der Waals surface area contributed by atoms with Crippen molar-refractivity contribution >= 4 is 21.8 Å². The number of benzene rings is 4. The third kappa shape index (κ3) is 6.91. The molecule has 0 aliphatic heterocycles. The van der Waals surface area contributed by atoms with Crippen LogP contribution in [-0.2, 0) is 12.8 Å². The summed E-state index contributed by atoms with van der Waals surface area (Å²) >= 11 is 0. The van der Waals surface area contributed by atoms with E-state index >= 15 is 0 Å². The molecule has 0 radical (unpaired) electrons. The van der Waals surface area contributed by atoms with Crippen LogP contribution in [0.3, 0.4) is 0 Å². The highest BCUT2D eigenvalue weighted by Gasteiger charge is 2.17. The molecule has 0 unspecified atom stereocenters. The predicted octanol–water partition coefficient (Wildman–Crippen LogP) is 10.7. The second-order valence-electron chi connectivity index (χ2n) is 11.8. The lowest BCUT2D eigenvalue weighted by Crippen LogP contribution is -2.00. The molecule has 0 atom stereocenters. The first kappa shape index (κ1) is 31.5. The Bertz CT molecular complexity index is 2330. The van der Waals surface area contributed by atoms with E-state index in [0.29, 0.717) is 52.2 Å². The number of pyridine rings is 2. The topological polar surface area (TPSA) is 93.4 Å². The van der Waals surface area contributed by atoms with Crippen LogP contribution < -0.4 is 18.9 Å². The molecule has 0 aliphatic carbocycles. The van der Waals surface area contributed by atoms with Gasteiger partial charge in [0.1, 0.15) is 34.5 Å². The third-order valence-electron chi connectivity index (χ3n) is 8.40. The van der Waals surface area contributed by atoms with E-state index in [2.05, 4.69) is 45.9 Å². The van der Waals surface area contributed by atoms with Gasteiger partial charge in [-0.2, -0.15) is 0 Å². The van der Waals surface area contributed by atoms with Gasteiger partial charge in [0.25, 0.3) is 0 Å². The van der Waals surface area contributed by atoms with Gasteiger partial charge >= 0.3 is 0 Å². The molecule has 51 heavy (non-hydrogen) atoms. The van der Waals surface area contributed by atoms with E-state index in [9.17, 15) is 0 Å². The van der Waals surface area contributed by atoms with Crippen molar-refractivity contribution < 1.29 is 18.9 Å². The molecule has 0 spiro atoms. The Hall–Kier alpha value is -6.74. The number of aryl methyl sites for hydroxylation is 2. The minimum Gasteiger partial charge on any atom is -0.457 e. The monoisotopic (exact) mass is 671 g/mol. The van der Waals surface area contributed by atoms with Gasteiger partial charge in [0.2, 0.25) is 17.7 Å². The Morgan fingerprint density at radius 1 is 0.431 bits per heavy atom. The van der Waals surface area contributed by atoms with Gasteiger partial charge in [-0.15, -0.1) is 0 Å². The third-order valence-corrected chi connectivity index (χ3v) is 8.40. The van der Waals surface area contributed by atoms with E-state index < -0.39 is 0 Å². The van der Waals surface area contributed by atoms with Crippen molar-refractivity contribution in [2.45, 2.75) is 26.7 Å². The van der Waals surface area contributed by atoms with Gasteiger partial charge in [-0.05, 0) is 90.7 Å². The predicted molar refractivity (Wildman–Crippen MR) is 197 cm³/mol. The van der Waals surface area contributed by atoms with E-state index in [1.165, 1.54) is 0 Å². The van der Waals surface area contributed by atoms with Crippen molar-refractivity contribution in [3.05, 3.63) is 151 Å². The van der Waals surface area contributed by atoms with Crippen molar-refractivity contribution in [2.75, 3.05) is 0 Å². The van der Waals surface area contributed by atoms with Crippen LogP contribution >= 0.6 is 0 Å². The SMILES string of the molecule is CCc1ccnc(Oc2cccc(Oc3ccc4c5ccc(Oc6cccc(Oc7cc(CC)ccn7)c6)cc5n(-c5ncccn5)c4c3)c2)c1. The number of rotatable bonds is 11. The Labute approximate surface area is 294 Å². The molecule has 9 nitrogen and oxygen atoms in total. The van der Waals surface area contributed by atoms with Crippen LogP contribution in [0.4, 0.5) is 0 Å². The number of hydrogen-bond acceptors (Lipinski definition) is 8. The molecule has 4 heterocycles. The average molecular weight is 672 g/mol. The summed E-state index contributed by atoms with van der Waals surface area (Å²) in [4.78, 5) is 17.9. The van der Waals surface area contributed by atoms with Crippen LogP contribution in [0.5, 0.6) is 46.3 Å². The molecule has 0 saturated heterocycles. The highest BCUT2D eigenvalue weighted by Crippen LogP contribution is 2.38. The van der Waals surface area contributed by atoms with Gasteiger partial charge in [-0.1, -0.05) is 26.0 Å². The standard InChI is InChI=1S/C42H33N5O4/c1-3-28-16-20-43-40(22-28)50-32-10-5-8-30(24-32)48-34-12-14-36-37-15-13-35(27-39(37)47(38(36)26-34)42-45-18-7-19-46-42)49-31-9-6-11-33(25-31)51-41-23-29(4-2)17-21-44-41/h5-27H,3-4H2,1-2H3. The number of ether oxygens (including phenoxy) is 4. The zero-order valence-electron chi connectivity index (χ0n) is 28.1. The molecule has 0 aliphatic rings. The van der Waals surface area contributed by atoms with Gasteiger partial charge < -0.3 is 18.9 Å². The largest absolute Gasteiger partial charge is 0.457 e. The van der Waals surface area contributed by atoms with Crippen LogP contribution in [0.25, 0.3) is 27.8 Å².